The molecule has 0 amide bonds. The van der Waals surface area contributed by atoms with Crippen LogP contribution < -0.4 is 0 Å². The average Bonchev–Trinajstić information content (AvgIpc) is 2.76. The van der Waals surface area contributed by atoms with Crippen LogP contribution in [-0.2, 0) is 16.6 Å². The molecule has 0 atom stereocenters. The summed E-state index contributed by atoms with van der Waals surface area (Å²) in [7, 11) is -1.96. The second-order valence-electron chi connectivity index (χ2n) is 6.98. The van der Waals surface area contributed by atoms with Gasteiger partial charge in [0.2, 0.25) is 10.0 Å². The van der Waals surface area contributed by atoms with Crippen molar-refractivity contribution in [2.45, 2.75) is 70.4 Å². The third-order valence-corrected chi connectivity index (χ3v) is 7.26. The Kier molecular flexibility index (Phi) is 5.23. The number of hydrogen-bond donors (Lipinski definition) is 1. The topological polar surface area (TPSA) is 75.4 Å². The summed E-state index contributed by atoms with van der Waals surface area (Å²) in [5, 5.41) is 15.2. The molecule has 0 bridgehead atoms. The van der Waals surface area contributed by atoms with E-state index < -0.39 is 15.6 Å². The van der Waals surface area contributed by atoms with Crippen molar-refractivity contribution in [3.63, 3.8) is 0 Å². The molecular weight excluding hydrogens is 314 g/mol. The number of hydrogen-bond acceptors (Lipinski definition) is 4. The van der Waals surface area contributed by atoms with Gasteiger partial charge in [0, 0.05) is 13.6 Å². The zero-order valence-corrected chi connectivity index (χ0v) is 15.7. The minimum atomic E-state index is -3.53. The number of nitrogens with zero attached hydrogens (tertiary/aromatic N) is 3. The highest BCUT2D eigenvalue weighted by Gasteiger charge is 2.35. The molecule has 0 saturated heterocycles. The van der Waals surface area contributed by atoms with E-state index in [4.69, 9.17) is 0 Å². The van der Waals surface area contributed by atoms with Crippen LogP contribution in [0.3, 0.4) is 0 Å². The van der Waals surface area contributed by atoms with Crippen molar-refractivity contribution in [1.82, 2.24) is 14.1 Å². The molecule has 1 saturated carbocycles. The molecule has 1 aromatic rings. The Balaban J connectivity index is 2.31. The second-order valence-corrected chi connectivity index (χ2v) is 8.97. The van der Waals surface area contributed by atoms with Gasteiger partial charge in [0.25, 0.3) is 0 Å². The van der Waals surface area contributed by atoms with Gasteiger partial charge in [0.15, 0.2) is 0 Å². The standard InChI is InChI=1S/C16H29N3O3S/c1-6-18(5)23(21,22)15-13(3)17-19(14(15)4)11-16(20)9-7-12(2)8-10-16/h12,20H,6-11H2,1-5H3. The van der Waals surface area contributed by atoms with Gasteiger partial charge in [0.1, 0.15) is 4.90 Å². The van der Waals surface area contributed by atoms with Crippen LogP contribution in [0.5, 0.6) is 0 Å². The summed E-state index contributed by atoms with van der Waals surface area (Å²) in [6, 6.07) is 0. The molecule has 1 aromatic heterocycles. The Morgan fingerprint density at radius 1 is 1.35 bits per heavy atom. The van der Waals surface area contributed by atoms with Crippen molar-refractivity contribution in [2.24, 2.45) is 5.92 Å². The fraction of sp³-hybridized carbons (Fsp3) is 0.812. The molecule has 0 spiro atoms. The van der Waals surface area contributed by atoms with Crippen molar-refractivity contribution in [1.29, 1.82) is 0 Å². The molecular formula is C16H29N3O3S. The molecule has 132 valence electrons. The first-order chi connectivity index (χ1) is 10.6. The zero-order chi connectivity index (χ0) is 17.4. The summed E-state index contributed by atoms with van der Waals surface area (Å²) in [6.07, 6.45) is 3.48. The molecule has 0 aliphatic heterocycles. The number of aromatic nitrogens is 2. The summed E-state index contributed by atoms with van der Waals surface area (Å²) in [5.41, 5.74) is 0.318. The third kappa shape index (κ3) is 3.61. The van der Waals surface area contributed by atoms with Gasteiger partial charge in [-0.05, 0) is 45.4 Å². The molecule has 2 rings (SSSR count). The first-order valence-corrected chi connectivity index (χ1v) is 9.77. The molecule has 1 fully saturated rings. The van der Waals surface area contributed by atoms with Crippen LogP contribution in [0.25, 0.3) is 0 Å². The lowest BCUT2D eigenvalue weighted by Gasteiger charge is -2.35. The van der Waals surface area contributed by atoms with E-state index in [0.29, 0.717) is 30.4 Å². The Labute approximate surface area is 139 Å². The van der Waals surface area contributed by atoms with Crippen LogP contribution >= 0.6 is 0 Å². The Hall–Kier alpha value is -0.920. The van der Waals surface area contributed by atoms with E-state index in [1.807, 2.05) is 0 Å². The van der Waals surface area contributed by atoms with E-state index in [-0.39, 0.29) is 4.90 Å². The Morgan fingerprint density at radius 3 is 2.43 bits per heavy atom. The molecule has 0 radical (unpaired) electrons. The first kappa shape index (κ1) is 18.4. The number of aryl methyl sites for hydroxylation is 1. The molecule has 23 heavy (non-hydrogen) atoms. The molecule has 0 aromatic carbocycles. The number of rotatable bonds is 5. The van der Waals surface area contributed by atoms with Crippen LogP contribution in [0.4, 0.5) is 0 Å². The average molecular weight is 343 g/mol. The van der Waals surface area contributed by atoms with Crippen LogP contribution in [0.1, 0.15) is 50.9 Å². The molecule has 1 aliphatic rings. The monoisotopic (exact) mass is 343 g/mol. The number of aliphatic hydroxyl groups is 1. The van der Waals surface area contributed by atoms with Crippen molar-refractivity contribution in [3.05, 3.63) is 11.4 Å². The molecule has 1 N–H and O–H groups in total. The van der Waals surface area contributed by atoms with E-state index in [0.717, 1.165) is 25.7 Å². The lowest BCUT2D eigenvalue weighted by atomic mass is 9.79. The maximum atomic E-state index is 12.6. The quantitative estimate of drug-likeness (QED) is 0.888. The van der Waals surface area contributed by atoms with Gasteiger partial charge in [-0.3, -0.25) is 4.68 Å². The van der Waals surface area contributed by atoms with Crippen molar-refractivity contribution in [3.8, 4) is 0 Å². The molecule has 1 heterocycles. The summed E-state index contributed by atoms with van der Waals surface area (Å²) in [4.78, 5) is 0.273. The van der Waals surface area contributed by atoms with Crippen molar-refractivity contribution < 1.29 is 13.5 Å². The van der Waals surface area contributed by atoms with E-state index in [9.17, 15) is 13.5 Å². The Bertz CT molecular complexity index is 658. The Morgan fingerprint density at radius 2 is 1.91 bits per heavy atom. The third-order valence-electron chi connectivity index (χ3n) is 5.08. The lowest BCUT2D eigenvalue weighted by Crippen LogP contribution is -2.38. The summed E-state index contributed by atoms with van der Waals surface area (Å²) in [6.45, 7) is 8.26. The largest absolute Gasteiger partial charge is 0.388 e. The maximum Gasteiger partial charge on any atom is 0.246 e. The van der Waals surface area contributed by atoms with Crippen LogP contribution in [0.2, 0.25) is 0 Å². The van der Waals surface area contributed by atoms with Gasteiger partial charge in [-0.15, -0.1) is 0 Å². The van der Waals surface area contributed by atoms with Crippen molar-refractivity contribution >= 4 is 10.0 Å². The highest BCUT2D eigenvalue weighted by Crippen LogP contribution is 2.34. The lowest BCUT2D eigenvalue weighted by molar-refractivity contribution is -0.0249. The van der Waals surface area contributed by atoms with Gasteiger partial charge in [-0.25, -0.2) is 12.7 Å². The van der Waals surface area contributed by atoms with E-state index >= 15 is 0 Å². The van der Waals surface area contributed by atoms with Crippen LogP contribution in [-0.4, -0.2) is 46.8 Å². The smallest absolute Gasteiger partial charge is 0.246 e. The molecule has 1 aliphatic carbocycles. The maximum absolute atomic E-state index is 12.6. The van der Waals surface area contributed by atoms with Gasteiger partial charge < -0.3 is 5.11 Å². The highest BCUT2D eigenvalue weighted by molar-refractivity contribution is 7.89. The van der Waals surface area contributed by atoms with Crippen LogP contribution in [0.15, 0.2) is 4.90 Å². The van der Waals surface area contributed by atoms with Crippen molar-refractivity contribution in [2.75, 3.05) is 13.6 Å². The van der Waals surface area contributed by atoms with E-state index in [1.54, 1.807) is 32.5 Å². The van der Waals surface area contributed by atoms with Gasteiger partial charge in [-0.1, -0.05) is 13.8 Å². The first-order valence-electron chi connectivity index (χ1n) is 8.33. The normalized spacial score (nSPS) is 26.0. The molecule has 0 unspecified atom stereocenters. The SMILES string of the molecule is CCN(C)S(=O)(=O)c1c(C)nn(CC2(O)CCC(C)CC2)c1C. The van der Waals surface area contributed by atoms with E-state index in [1.165, 1.54) is 4.31 Å². The summed E-state index contributed by atoms with van der Waals surface area (Å²) in [5.74, 6) is 0.643. The fourth-order valence-electron chi connectivity index (χ4n) is 3.27. The molecule has 6 nitrogen and oxygen atoms in total. The van der Waals surface area contributed by atoms with Gasteiger partial charge in [-0.2, -0.15) is 5.10 Å². The number of sulfonamides is 1. The van der Waals surface area contributed by atoms with Crippen LogP contribution in [0, 0.1) is 19.8 Å². The second kappa shape index (κ2) is 6.53. The van der Waals surface area contributed by atoms with Gasteiger partial charge in [0.05, 0.1) is 23.5 Å². The summed E-state index contributed by atoms with van der Waals surface area (Å²) < 4.78 is 28.3. The predicted molar refractivity (Wildman–Crippen MR) is 89.8 cm³/mol. The van der Waals surface area contributed by atoms with Gasteiger partial charge >= 0.3 is 0 Å². The fourth-order valence-corrected chi connectivity index (χ4v) is 4.81. The summed E-state index contributed by atoms with van der Waals surface area (Å²) >= 11 is 0. The molecule has 7 heteroatoms. The highest BCUT2D eigenvalue weighted by atomic mass is 32.2. The predicted octanol–water partition coefficient (Wildman–Crippen LogP) is 2.08. The minimum Gasteiger partial charge on any atom is -0.388 e. The minimum absolute atomic E-state index is 0.273. The zero-order valence-electron chi connectivity index (χ0n) is 14.8. The van der Waals surface area contributed by atoms with E-state index in [2.05, 4.69) is 12.0 Å².